The maximum Gasteiger partial charge on any atom is 0.155 e. The van der Waals surface area contributed by atoms with E-state index in [4.69, 9.17) is 0 Å². The average Bonchev–Trinajstić information content (AvgIpc) is 2.32. The molecule has 1 unspecified atom stereocenters. The summed E-state index contributed by atoms with van der Waals surface area (Å²) in [4.78, 5) is 11.7. The van der Waals surface area contributed by atoms with E-state index < -0.39 is 0 Å². The van der Waals surface area contributed by atoms with Crippen LogP contribution in [0.15, 0.2) is 12.2 Å². The summed E-state index contributed by atoms with van der Waals surface area (Å²) in [6.45, 7) is 10.5. The van der Waals surface area contributed by atoms with E-state index >= 15 is 0 Å². The van der Waals surface area contributed by atoms with Gasteiger partial charge in [0.2, 0.25) is 0 Å². The minimum absolute atomic E-state index is 0.0116. The van der Waals surface area contributed by atoms with Gasteiger partial charge in [-0.3, -0.25) is 4.79 Å². The highest BCUT2D eigenvalue weighted by molar-refractivity contribution is 5.89. The number of Topliss-reactive ketones (excluding diaryl/α,β-unsaturated/α-hetero) is 1. The van der Waals surface area contributed by atoms with Crippen molar-refractivity contribution in [1.29, 1.82) is 0 Å². The van der Waals surface area contributed by atoms with E-state index in [1.807, 2.05) is 20.8 Å². The topological polar surface area (TPSA) is 29.1 Å². The molecule has 2 heteroatoms. The minimum Gasteiger partial charge on any atom is -0.303 e. The summed E-state index contributed by atoms with van der Waals surface area (Å²) in [5, 5.41) is 3.16. The van der Waals surface area contributed by atoms with Gasteiger partial charge in [0.15, 0.2) is 5.78 Å². The Balaban J connectivity index is 2.61. The lowest BCUT2D eigenvalue weighted by molar-refractivity contribution is -0.128. The van der Waals surface area contributed by atoms with Gasteiger partial charge in [-0.1, -0.05) is 32.9 Å². The van der Waals surface area contributed by atoms with Crippen LogP contribution in [0, 0.1) is 5.41 Å². The van der Waals surface area contributed by atoms with Crippen molar-refractivity contribution in [3.8, 4) is 0 Å². The fourth-order valence-electron chi connectivity index (χ4n) is 1.41. The van der Waals surface area contributed by atoms with Gasteiger partial charge in [-0.15, -0.1) is 0 Å². The van der Waals surface area contributed by atoms with Crippen LogP contribution in [0.4, 0.5) is 0 Å². The number of ketones is 1. The first-order chi connectivity index (χ1) is 5.41. The number of carbonyl (C=O) groups excluding carboxylic acids is 1. The fraction of sp³-hybridized carbons (Fsp3) is 0.700. The van der Waals surface area contributed by atoms with Crippen molar-refractivity contribution in [1.82, 2.24) is 5.32 Å². The van der Waals surface area contributed by atoms with E-state index in [0.717, 1.165) is 18.5 Å². The van der Waals surface area contributed by atoms with Crippen molar-refractivity contribution in [2.75, 3.05) is 6.54 Å². The number of hydrogen-bond acceptors (Lipinski definition) is 2. The molecule has 0 bridgehead atoms. The third-order valence-corrected chi connectivity index (χ3v) is 2.15. The van der Waals surface area contributed by atoms with Crippen molar-refractivity contribution in [2.45, 2.75) is 33.2 Å². The van der Waals surface area contributed by atoms with E-state index in [-0.39, 0.29) is 11.5 Å². The van der Waals surface area contributed by atoms with Crippen LogP contribution in [0.1, 0.15) is 27.2 Å². The molecule has 0 saturated carbocycles. The molecule has 12 heavy (non-hydrogen) atoms. The van der Waals surface area contributed by atoms with Crippen LogP contribution < -0.4 is 5.32 Å². The summed E-state index contributed by atoms with van der Waals surface area (Å²) in [7, 11) is 0. The summed E-state index contributed by atoms with van der Waals surface area (Å²) in [6.07, 6.45) is 0.816. The van der Waals surface area contributed by atoms with Crippen molar-refractivity contribution < 1.29 is 4.79 Å². The lowest BCUT2D eigenvalue weighted by Gasteiger charge is -2.20. The highest BCUT2D eigenvalue weighted by atomic mass is 16.1. The first-order valence-electron chi connectivity index (χ1n) is 4.35. The van der Waals surface area contributed by atoms with Gasteiger partial charge in [-0.25, -0.2) is 0 Å². The minimum atomic E-state index is -0.234. The van der Waals surface area contributed by atoms with Crippen molar-refractivity contribution >= 4 is 5.78 Å². The predicted molar refractivity (Wildman–Crippen MR) is 50.0 cm³/mol. The molecule has 68 valence electrons. The van der Waals surface area contributed by atoms with Crippen LogP contribution in [0.25, 0.3) is 0 Å². The number of nitrogens with one attached hydrogen (secondary N) is 1. The average molecular weight is 167 g/mol. The number of rotatable bonds is 1. The highest BCUT2D eigenvalue weighted by Crippen LogP contribution is 2.22. The molecule has 0 aromatic rings. The van der Waals surface area contributed by atoms with Crippen LogP contribution in [-0.2, 0) is 4.79 Å². The second-order valence-electron chi connectivity index (χ2n) is 4.50. The standard InChI is InChI=1S/C10H17NO/c1-7-5-8(11-6-7)9(12)10(2,3)4/h8,11H,1,5-6H2,2-4H3. The molecule has 1 heterocycles. The van der Waals surface area contributed by atoms with E-state index in [1.54, 1.807) is 0 Å². The van der Waals surface area contributed by atoms with Gasteiger partial charge < -0.3 is 5.32 Å². The van der Waals surface area contributed by atoms with Gasteiger partial charge in [-0.2, -0.15) is 0 Å². The summed E-state index contributed by atoms with van der Waals surface area (Å²) >= 11 is 0. The first-order valence-corrected chi connectivity index (χ1v) is 4.35. The highest BCUT2D eigenvalue weighted by Gasteiger charge is 2.32. The van der Waals surface area contributed by atoms with Crippen LogP contribution in [0.3, 0.4) is 0 Å². The molecule has 1 fully saturated rings. The van der Waals surface area contributed by atoms with E-state index in [9.17, 15) is 4.79 Å². The number of carbonyl (C=O) groups is 1. The lowest BCUT2D eigenvalue weighted by Crippen LogP contribution is -2.38. The molecule has 0 radical (unpaired) electrons. The molecule has 1 saturated heterocycles. The summed E-state index contributed by atoms with van der Waals surface area (Å²) in [6, 6.07) is 0.0116. The Morgan fingerprint density at radius 3 is 2.50 bits per heavy atom. The summed E-state index contributed by atoms with van der Waals surface area (Å²) < 4.78 is 0. The van der Waals surface area contributed by atoms with Crippen molar-refractivity contribution in [3.05, 3.63) is 12.2 Å². The van der Waals surface area contributed by atoms with Gasteiger partial charge in [0.25, 0.3) is 0 Å². The zero-order valence-electron chi connectivity index (χ0n) is 8.11. The SMILES string of the molecule is C=C1CNC(C(=O)C(C)(C)C)C1. The van der Waals surface area contributed by atoms with Gasteiger partial charge in [0, 0.05) is 12.0 Å². The second kappa shape index (κ2) is 3.02. The van der Waals surface area contributed by atoms with E-state index in [2.05, 4.69) is 11.9 Å². The maximum absolute atomic E-state index is 11.7. The number of hydrogen-bond donors (Lipinski definition) is 1. The molecule has 0 aromatic heterocycles. The smallest absolute Gasteiger partial charge is 0.155 e. The molecule has 1 atom stereocenters. The molecular formula is C10H17NO. The quantitative estimate of drug-likeness (QED) is 0.600. The fourth-order valence-corrected chi connectivity index (χ4v) is 1.41. The third-order valence-electron chi connectivity index (χ3n) is 2.15. The second-order valence-corrected chi connectivity index (χ2v) is 4.50. The molecule has 0 spiro atoms. The summed E-state index contributed by atoms with van der Waals surface area (Å²) in [5.41, 5.74) is 0.903. The summed E-state index contributed by atoms with van der Waals surface area (Å²) in [5.74, 6) is 0.293. The molecule has 1 aliphatic rings. The first kappa shape index (κ1) is 9.46. The third kappa shape index (κ3) is 1.95. The van der Waals surface area contributed by atoms with Gasteiger partial charge in [0.1, 0.15) is 0 Å². The molecule has 1 N–H and O–H groups in total. The van der Waals surface area contributed by atoms with Crippen LogP contribution in [-0.4, -0.2) is 18.4 Å². The van der Waals surface area contributed by atoms with Crippen LogP contribution in [0.5, 0.6) is 0 Å². The van der Waals surface area contributed by atoms with Crippen LogP contribution >= 0.6 is 0 Å². The molecule has 2 nitrogen and oxygen atoms in total. The Morgan fingerprint density at radius 1 is 1.58 bits per heavy atom. The van der Waals surface area contributed by atoms with E-state index in [1.165, 1.54) is 0 Å². The molecule has 0 aromatic carbocycles. The monoisotopic (exact) mass is 167 g/mol. The molecule has 1 rings (SSSR count). The van der Waals surface area contributed by atoms with E-state index in [0.29, 0.717) is 5.78 Å². The predicted octanol–water partition coefficient (Wildman–Crippen LogP) is 1.52. The largest absolute Gasteiger partial charge is 0.303 e. The Hall–Kier alpha value is -0.630. The lowest BCUT2D eigenvalue weighted by atomic mass is 9.86. The Bertz CT molecular complexity index is 212. The van der Waals surface area contributed by atoms with Crippen molar-refractivity contribution in [3.63, 3.8) is 0 Å². The maximum atomic E-state index is 11.7. The van der Waals surface area contributed by atoms with Crippen LogP contribution in [0.2, 0.25) is 0 Å². The normalized spacial score (nSPS) is 24.6. The molecule has 0 aliphatic carbocycles. The van der Waals surface area contributed by atoms with Crippen molar-refractivity contribution in [2.24, 2.45) is 5.41 Å². The van der Waals surface area contributed by atoms with Gasteiger partial charge in [-0.05, 0) is 6.42 Å². The zero-order valence-corrected chi connectivity index (χ0v) is 8.11. The zero-order chi connectivity index (χ0) is 9.35. The molecule has 0 amide bonds. The Labute approximate surface area is 74.0 Å². The Kier molecular flexibility index (Phi) is 2.38. The van der Waals surface area contributed by atoms with Gasteiger partial charge in [0.05, 0.1) is 6.04 Å². The Morgan fingerprint density at radius 2 is 2.17 bits per heavy atom. The van der Waals surface area contributed by atoms with Gasteiger partial charge >= 0.3 is 0 Å². The molecule has 1 aliphatic heterocycles. The molecular weight excluding hydrogens is 150 g/mol.